The highest BCUT2D eigenvalue weighted by molar-refractivity contribution is 5.64. The fraction of sp³-hybridized carbons (Fsp3) is 0.429. The van der Waals surface area contributed by atoms with Crippen molar-refractivity contribution in [3.8, 4) is 22.7 Å². The first-order valence-electron chi connectivity index (χ1n) is 9.81. The molecule has 1 aliphatic rings. The molecule has 4 rings (SSSR count). The van der Waals surface area contributed by atoms with E-state index in [9.17, 15) is 15.3 Å². The molecule has 2 atom stereocenters. The Balaban J connectivity index is 1.66. The van der Waals surface area contributed by atoms with Crippen LogP contribution in [-0.4, -0.2) is 48.2 Å². The Morgan fingerprint density at radius 2 is 2.00 bits per heavy atom. The van der Waals surface area contributed by atoms with Gasteiger partial charge in [0.2, 0.25) is 0 Å². The van der Waals surface area contributed by atoms with Crippen molar-refractivity contribution in [2.45, 2.75) is 39.7 Å². The van der Waals surface area contributed by atoms with E-state index in [4.69, 9.17) is 4.52 Å². The van der Waals surface area contributed by atoms with Crippen molar-refractivity contribution in [3.05, 3.63) is 42.5 Å². The molecule has 1 aliphatic heterocycles. The summed E-state index contributed by atoms with van der Waals surface area (Å²) in [5, 5.41) is 34.7. The van der Waals surface area contributed by atoms with Crippen LogP contribution in [0, 0.1) is 11.3 Å². The van der Waals surface area contributed by atoms with Crippen molar-refractivity contribution in [1.29, 1.82) is 0 Å². The van der Waals surface area contributed by atoms with Crippen molar-refractivity contribution in [2.24, 2.45) is 11.3 Å². The number of hydrogen-bond donors (Lipinski definition) is 3. The van der Waals surface area contributed by atoms with Crippen LogP contribution < -0.4 is 4.90 Å². The van der Waals surface area contributed by atoms with Crippen molar-refractivity contribution in [3.63, 3.8) is 0 Å². The van der Waals surface area contributed by atoms with E-state index in [1.54, 1.807) is 29.4 Å². The number of hydrogen-bond acceptors (Lipinski definition) is 9. The molecule has 3 aromatic rings. The van der Waals surface area contributed by atoms with Crippen molar-refractivity contribution in [1.82, 2.24) is 20.1 Å². The lowest BCUT2D eigenvalue weighted by Crippen LogP contribution is -2.38. The molecule has 4 heterocycles. The average Bonchev–Trinajstić information content (AvgIpc) is 3.35. The summed E-state index contributed by atoms with van der Waals surface area (Å²) < 4.78 is 5.37. The normalized spacial score (nSPS) is 19.6. The third-order valence-corrected chi connectivity index (χ3v) is 5.49. The Kier molecular flexibility index (Phi) is 5.27. The number of anilines is 1. The van der Waals surface area contributed by atoms with E-state index in [1.807, 2.05) is 6.07 Å². The van der Waals surface area contributed by atoms with Gasteiger partial charge in [0.05, 0.1) is 6.20 Å². The van der Waals surface area contributed by atoms with Gasteiger partial charge in [-0.1, -0.05) is 25.9 Å². The number of rotatable bonds is 4. The third-order valence-electron chi connectivity index (χ3n) is 5.49. The van der Waals surface area contributed by atoms with Crippen LogP contribution in [0.3, 0.4) is 0 Å². The number of aliphatic hydroxyl groups is 3. The maximum Gasteiger partial charge on any atom is 0.199 e. The monoisotopic (exact) mass is 411 g/mol. The highest BCUT2D eigenvalue weighted by Gasteiger charge is 2.41. The Labute approximate surface area is 174 Å². The van der Waals surface area contributed by atoms with Gasteiger partial charge < -0.3 is 24.7 Å². The largest absolute Gasteiger partial charge is 0.373 e. The number of aliphatic hydroxyl groups excluding tert-OH is 2. The summed E-state index contributed by atoms with van der Waals surface area (Å²) in [6.07, 6.45) is 2.94. The predicted molar refractivity (Wildman–Crippen MR) is 109 cm³/mol. The Morgan fingerprint density at radius 1 is 1.20 bits per heavy atom. The Bertz CT molecular complexity index is 1020. The molecule has 0 amide bonds. The molecule has 0 saturated carbocycles. The molecular formula is C21H25N5O4. The third kappa shape index (κ3) is 3.79. The van der Waals surface area contributed by atoms with Crippen molar-refractivity contribution in [2.75, 3.05) is 11.4 Å². The Hall–Kier alpha value is -2.88. The first-order valence-corrected chi connectivity index (χ1v) is 9.81. The predicted octanol–water partition coefficient (Wildman–Crippen LogP) is 2.37. The molecule has 0 radical (unpaired) electrons. The first kappa shape index (κ1) is 20.4. The quantitative estimate of drug-likeness (QED) is 0.554. The van der Waals surface area contributed by atoms with Gasteiger partial charge >= 0.3 is 0 Å². The SMILES string of the molecule is CC(C)(C)C1CCN(c2ncc(-c3cc(-c4cccnc4)on3)nc2C(O)O)C1O. The minimum Gasteiger partial charge on any atom is -0.373 e. The van der Waals surface area contributed by atoms with Crippen LogP contribution in [0.2, 0.25) is 0 Å². The van der Waals surface area contributed by atoms with Gasteiger partial charge in [0.1, 0.15) is 23.3 Å². The standard InChI is InChI=1S/C21H25N5O4/c1-21(2,3)13-6-8-26(19(13)27)18-17(20(28)29)24-15(11-23-18)14-9-16(30-25-14)12-5-4-7-22-10-12/h4-5,7,9-11,13,19-20,27-29H,6,8H2,1-3H3. The zero-order chi connectivity index (χ0) is 21.5. The van der Waals surface area contributed by atoms with Crippen molar-refractivity contribution >= 4 is 5.82 Å². The van der Waals surface area contributed by atoms with E-state index in [0.29, 0.717) is 23.7 Å². The molecule has 3 aromatic heterocycles. The molecule has 0 bridgehead atoms. The van der Waals surface area contributed by atoms with Gasteiger partial charge in [0, 0.05) is 36.5 Å². The van der Waals surface area contributed by atoms with E-state index in [2.05, 4.69) is 40.9 Å². The summed E-state index contributed by atoms with van der Waals surface area (Å²) in [4.78, 5) is 14.5. The molecular weight excluding hydrogens is 386 g/mol. The summed E-state index contributed by atoms with van der Waals surface area (Å²) in [6.45, 7) is 6.77. The topological polar surface area (TPSA) is 129 Å². The smallest absolute Gasteiger partial charge is 0.199 e. The Morgan fingerprint density at radius 3 is 2.63 bits per heavy atom. The molecule has 2 unspecified atom stereocenters. The second kappa shape index (κ2) is 7.75. The minimum atomic E-state index is -1.85. The van der Waals surface area contributed by atoms with Gasteiger partial charge in [0.25, 0.3) is 0 Å². The highest BCUT2D eigenvalue weighted by atomic mass is 16.5. The van der Waals surface area contributed by atoms with Crippen LogP contribution >= 0.6 is 0 Å². The van der Waals surface area contributed by atoms with E-state index >= 15 is 0 Å². The zero-order valence-electron chi connectivity index (χ0n) is 17.1. The molecule has 3 N–H and O–H groups in total. The molecule has 0 aromatic carbocycles. The molecule has 9 nitrogen and oxygen atoms in total. The fourth-order valence-electron chi connectivity index (χ4n) is 3.84. The van der Waals surface area contributed by atoms with Gasteiger partial charge in [-0.05, 0) is 24.0 Å². The van der Waals surface area contributed by atoms with Crippen molar-refractivity contribution < 1.29 is 19.8 Å². The molecule has 30 heavy (non-hydrogen) atoms. The lowest BCUT2D eigenvalue weighted by Gasteiger charge is -2.32. The maximum absolute atomic E-state index is 10.8. The average molecular weight is 411 g/mol. The summed E-state index contributed by atoms with van der Waals surface area (Å²) >= 11 is 0. The van der Waals surface area contributed by atoms with Gasteiger partial charge in [-0.2, -0.15) is 0 Å². The van der Waals surface area contributed by atoms with Crippen LogP contribution in [0.25, 0.3) is 22.7 Å². The first-order chi connectivity index (χ1) is 14.3. The molecule has 1 fully saturated rings. The zero-order valence-corrected chi connectivity index (χ0v) is 17.1. The second-order valence-electron chi connectivity index (χ2n) is 8.52. The lowest BCUT2D eigenvalue weighted by atomic mass is 9.79. The van der Waals surface area contributed by atoms with Crippen LogP contribution in [0.1, 0.15) is 39.2 Å². The number of nitrogens with zero attached hydrogens (tertiary/aromatic N) is 5. The maximum atomic E-state index is 10.8. The molecule has 0 aliphatic carbocycles. The molecule has 158 valence electrons. The van der Waals surface area contributed by atoms with Gasteiger partial charge in [-0.3, -0.25) is 4.98 Å². The van der Waals surface area contributed by atoms with Crippen LogP contribution in [0.4, 0.5) is 5.82 Å². The summed E-state index contributed by atoms with van der Waals surface area (Å²) in [5.74, 6) is 0.794. The summed E-state index contributed by atoms with van der Waals surface area (Å²) in [5.41, 5.74) is 1.37. The van der Waals surface area contributed by atoms with Crippen LogP contribution in [-0.2, 0) is 0 Å². The minimum absolute atomic E-state index is 0.0280. The molecule has 0 spiro atoms. The second-order valence-corrected chi connectivity index (χ2v) is 8.52. The van der Waals surface area contributed by atoms with E-state index in [1.165, 1.54) is 6.20 Å². The van der Waals surface area contributed by atoms with E-state index < -0.39 is 12.5 Å². The van der Waals surface area contributed by atoms with Gasteiger partial charge in [0.15, 0.2) is 17.9 Å². The summed E-state index contributed by atoms with van der Waals surface area (Å²) in [7, 11) is 0. The number of aromatic nitrogens is 4. The lowest BCUT2D eigenvalue weighted by molar-refractivity contribution is -0.0458. The van der Waals surface area contributed by atoms with Gasteiger partial charge in [-0.15, -0.1) is 0 Å². The molecule has 9 heteroatoms. The van der Waals surface area contributed by atoms with Gasteiger partial charge in [-0.25, -0.2) is 9.97 Å². The fourth-order valence-corrected chi connectivity index (χ4v) is 3.84. The summed E-state index contributed by atoms with van der Waals surface area (Å²) in [6, 6.07) is 5.32. The van der Waals surface area contributed by atoms with E-state index in [-0.39, 0.29) is 22.8 Å². The number of pyridine rings is 1. The highest BCUT2D eigenvalue weighted by Crippen LogP contribution is 2.40. The van der Waals surface area contributed by atoms with Crippen LogP contribution in [0.15, 0.2) is 41.3 Å². The molecule has 1 saturated heterocycles. The van der Waals surface area contributed by atoms with E-state index in [0.717, 1.165) is 12.0 Å². The van der Waals surface area contributed by atoms with Crippen LogP contribution in [0.5, 0.6) is 0 Å².